The molecule has 2 atom stereocenters. The van der Waals surface area contributed by atoms with Gasteiger partial charge >= 0.3 is 0 Å². The maximum atomic E-state index is 10.9. The quantitative estimate of drug-likeness (QED) is 0.705. The van der Waals surface area contributed by atoms with E-state index in [0.29, 0.717) is 6.04 Å². The Bertz CT molecular complexity index is 175. The minimum atomic E-state index is -0.646. The van der Waals surface area contributed by atoms with E-state index >= 15 is 0 Å². The minimum absolute atomic E-state index is 0.577. The highest BCUT2D eigenvalue weighted by atomic mass is 32.2. The van der Waals surface area contributed by atoms with Gasteiger partial charge in [0.25, 0.3) is 0 Å². The Morgan fingerprint density at radius 3 is 3.08 bits per heavy atom. The summed E-state index contributed by atoms with van der Waals surface area (Å²) in [6.07, 6.45) is 2.99. The Hall–Kier alpha value is 0.0700. The summed E-state index contributed by atoms with van der Waals surface area (Å²) in [5.74, 6) is 0.812. The number of nitrogens with one attached hydrogen (secondary N) is 1. The molecule has 1 rings (SSSR count). The molecule has 13 heavy (non-hydrogen) atoms. The summed E-state index contributed by atoms with van der Waals surface area (Å²) < 4.78 is 10.9. The molecule has 4 heteroatoms. The van der Waals surface area contributed by atoms with Crippen LogP contribution in [0.1, 0.15) is 13.3 Å². The Morgan fingerprint density at radius 2 is 2.38 bits per heavy atom. The van der Waals surface area contributed by atoms with E-state index in [-0.39, 0.29) is 0 Å². The first-order valence-electron chi connectivity index (χ1n) is 4.94. The van der Waals surface area contributed by atoms with Gasteiger partial charge in [-0.1, -0.05) is 0 Å². The second-order valence-corrected chi connectivity index (χ2v) is 5.34. The molecule has 0 aromatic rings. The molecule has 0 aliphatic carbocycles. The average Bonchev–Trinajstić information content (AvgIpc) is 2.26. The van der Waals surface area contributed by atoms with Crippen molar-refractivity contribution in [1.82, 2.24) is 10.2 Å². The summed E-state index contributed by atoms with van der Waals surface area (Å²) >= 11 is 0. The minimum Gasteiger partial charge on any atom is -0.313 e. The van der Waals surface area contributed by atoms with Crippen molar-refractivity contribution in [2.24, 2.45) is 0 Å². The summed E-state index contributed by atoms with van der Waals surface area (Å²) in [6.45, 7) is 6.55. The zero-order valence-corrected chi connectivity index (χ0v) is 9.40. The number of rotatable bonds is 3. The second kappa shape index (κ2) is 5.73. The van der Waals surface area contributed by atoms with E-state index in [1.807, 2.05) is 0 Å². The molecule has 0 saturated carbocycles. The molecule has 0 amide bonds. The van der Waals surface area contributed by atoms with Gasteiger partial charge in [0, 0.05) is 41.9 Å². The van der Waals surface area contributed by atoms with Crippen LogP contribution in [0.15, 0.2) is 0 Å². The van der Waals surface area contributed by atoms with Crippen LogP contribution >= 0.6 is 0 Å². The first kappa shape index (κ1) is 11.1. The van der Waals surface area contributed by atoms with Gasteiger partial charge in [-0.2, -0.15) is 0 Å². The molecule has 1 aliphatic rings. The third kappa shape index (κ3) is 4.74. The third-order valence-electron chi connectivity index (χ3n) is 2.37. The lowest BCUT2D eigenvalue weighted by Gasteiger charge is -2.21. The van der Waals surface area contributed by atoms with E-state index in [0.717, 1.165) is 31.9 Å². The van der Waals surface area contributed by atoms with Crippen molar-refractivity contribution < 1.29 is 4.21 Å². The van der Waals surface area contributed by atoms with E-state index in [2.05, 4.69) is 17.1 Å². The predicted molar refractivity (Wildman–Crippen MR) is 57.5 cm³/mol. The third-order valence-corrected chi connectivity index (χ3v) is 3.13. The van der Waals surface area contributed by atoms with E-state index in [1.54, 1.807) is 6.26 Å². The van der Waals surface area contributed by atoms with Crippen molar-refractivity contribution in [2.75, 3.05) is 38.2 Å². The van der Waals surface area contributed by atoms with E-state index in [4.69, 9.17) is 0 Å². The number of nitrogens with zero attached hydrogens (tertiary/aromatic N) is 1. The summed E-state index contributed by atoms with van der Waals surface area (Å²) in [4.78, 5) is 2.41. The molecule has 1 fully saturated rings. The van der Waals surface area contributed by atoms with Gasteiger partial charge in [-0.15, -0.1) is 0 Å². The highest BCUT2D eigenvalue weighted by molar-refractivity contribution is 7.84. The van der Waals surface area contributed by atoms with Gasteiger partial charge in [0.05, 0.1) is 0 Å². The molecular weight excluding hydrogens is 184 g/mol. The summed E-state index contributed by atoms with van der Waals surface area (Å²) in [5, 5.41) is 3.44. The van der Waals surface area contributed by atoms with Crippen molar-refractivity contribution in [3.63, 3.8) is 0 Å². The topological polar surface area (TPSA) is 32.3 Å². The molecule has 0 aromatic carbocycles. The predicted octanol–water partition coefficient (Wildman–Crippen LogP) is 0.0487. The molecule has 1 heterocycles. The molecule has 1 aliphatic heterocycles. The van der Waals surface area contributed by atoms with Gasteiger partial charge in [0.2, 0.25) is 0 Å². The van der Waals surface area contributed by atoms with Gasteiger partial charge in [0.1, 0.15) is 0 Å². The fraction of sp³-hybridized carbons (Fsp3) is 1.00. The highest BCUT2D eigenvalue weighted by Crippen LogP contribution is 1.99. The standard InChI is InChI=1S/C9H20N2OS/c1-9-8-11(5-3-4-10-9)6-7-13(2)12/h9-10H,3-8H2,1-2H3. The molecule has 0 spiro atoms. The first-order valence-corrected chi connectivity index (χ1v) is 6.67. The van der Waals surface area contributed by atoms with Crippen LogP contribution in [0.3, 0.4) is 0 Å². The van der Waals surface area contributed by atoms with E-state index in [9.17, 15) is 4.21 Å². The van der Waals surface area contributed by atoms with Crippen molar-refractivity contribution >= 4 is 10.8 Å². The number of hydrogen-bond acceptors (Lipinski definition) is 3. The van der Waals surface area contributed by atoms with E-state index in [1.165, 1.54) is 6.42 Å². The van der Waals surface area contributed by atoms with Crippen molar-refractivity contribution in [3.8, 4) is 0 Å². The normalized spacial score (nSPS) is 28.3. The fourth-order valence-electron chi connectivity index (χ4n) is 1.66. The van der Waals surface area contributed by atoms with Crippen LogP contribution in [-0.2, 0) is 10.8 Å². The Kier molecular flexibility index (Phi) is 4.91. The Balaban J connectivity index is 2.26. The van der Waals surface area contributed by atoms with Crippen LogP contribution in [0.25, 0.3) is 0 Å². The molecule has 0 radical (unpaired) electrons. The van der Waals surface area contributed by atoms with Crippen molar-refractivity contribution in [1.29, 1.82) is 0 Å². The molecule has 1 saturated heterocycles. The summed E-state index contributed by atoms with van der Waals surface area (Å²) in [7, 11) is -0.646. The molecule has 1 N–H and O–H groups in total. The van der Waals surface area contributed by atoms with Gasteiger partial charge < -0.3 is 10.2 Å². The summed E-state index contributed by atoms with van der Waals surface area (Å²) in [6, 6.07) is 0.577. The molecule has 0 aromatic heterocycles. The number of hydrogen-bond donors (Lipinski definition) is 1. The maximum absolute atomic E-state index is 10.9. The Labute approximate surface area is 83.3 Å². The lowest BCUT2D eigenvalue weighted by molar-refractivity contribution is 0.289. The van der Waals surface area contributed by atoms with Crippen LogP contribution < -0.4 is 5.32 Å². The zero-order valence-electron chi connectivity index (χ0n) is 8.58. The summed E-state index contributed by atoms with van der Waals surface area (Å²) in [5.41, 5.74) is 0. The highest BCUT2D eigenvalue weighted by Gasteiger charge is 2.13. The van der Waals surface area contributed by atoms with Crippen LogP contribution in [0.5, 0.6) is 0 Å². The lowest BCUT2D eigenvalue weighted by atomic mass is 10.3. The largest absolute Gasteiger partial charge is 0.313 e. The fourth-order valence-corrected chi connectivity index (χ4v) is 2.17. The lowest BCUT2D eigenvalue weighted by Crippen LogP contribution is -2.37. The maximum Gasteiger partial charge on any atom is 0.0359 e. The zero-order chi connectivity index (χ0) is 9.68. The Morgan fingerprint density at radius 1 is 1.62 bits per heavy atom. The van der Waals surface area contributed by atoms with Crippen LogP contribution in [0.4, 0.5) is 0 Å². The van der Waals surface area contributed by atoms with Gasteiger partial charge in [-0.25, -0.2) is 0 Å². The van der Waals surface area contributed by atoms with Crippen molar-refractivity contribution in [2.45, 2.75) is 19.4 Å². The van der Waals surface area contributed by atoms with Gasteiger partial charge in [0.15, 0.2) is 0 Å². The average molecular weight is 204 g/mol. The van der Waals surface area contributed by atoms with Crippen LogP contribution in [0, 0.1) is 0 Å². The monoisotopic (exact) mass is 204 g/mol. The van der Waals surface area contributed by atoms with Crippen molar-refractivity contribution in [3.05, 3.63) is 0 Å². The molecule has 0 bridgehead atoms. The van der Waals surface area contributed by atoms with Gasteiger partial charge in [-0.05, 0) is 26.4 Å². The van der Waals surface area contributed by atoms with E-state index < -0.39 is 10.8 Å². The van der Waals surface area contributed by atoms with Crippen LogP contribution in [0.2, 0.25) is 0 Å². The second-order valence-electron chi connectivity index (χ2n) is 3.79. The SMILES string of the molecule is CC1CN(CCS(C)=O)CCCN1. The smallest absolute Gasteiger partial charge is 0.0359 e. The molecule has 78 valence electrons. The molecule has 2 unspecified atom stereocenters. The van der Waals surface area contributed by atoms with Gasteiger partial charge in [-0.3, -0.25) is 4.21 Å². The molecule has 3 nitrogen and oxygen atoms in total. The molecular formula is C9H20N2OS. The van der Waals surface area contributed by atoms with Crippen LogP contribution in [-0.4, -0.2) is 53.3 Å². The first-order chi connectivity index (χ1) is 6.18.